The zero-order chi connectivity index (χ0) is 34.0. The molecule has 11 nitrogen and oxygen atoms in total. The molecule has 2 aromatic carbocycles. The molecule has 4 heterocycles. The molecule has 2 N–H and O–H groups in total. The van der Waals surface area contributed by atoms with Crippen molar-refractivity contribution < 1.29 is 32.6 Å². The largest absolute Gasteiger partial charge is 0.436 e. The Kier molecular flexibility index (Phi) is 9.39. The maximum Gasteiger partial charge on any atom is 0.254 e. The maximum atomic E-state index is 14.1. The second-order valence-corrected chi connectivity index (χ2v) is 18.3. The molecule has 1 saturated heterocycles. The Bertz CT molecular complexity index is 1970. The summed E-state index contributed by atoms with van der Waals surface area (Å²) in [6.07, 6.45) is 2.77. The van der Waals surface area contributed by atoms with Gasteiger partial charge in [0.2, 0.25) is 17.5 Å². The number of carbonyl (C=O) groups excluding carboxylic acids is 2. The standard InChI is InChI=1S/C34H36F2N6O5Si/c1-48(2,3)16-15-46-21-41-27-9-7-22(34(44)40-11-13-45-14-12-40)17-23(27)18-28(41)32(43)25-20-39-42(33(25)37)24-8-10-30(38-19-24)47-29-6-4-5-26(35)31(29)36/h4-10,17-20H,11-16,21,37H2,1-3H3. The van der Waals surface area contributed by atoms with E-state index in [1.807, 2.05) is 6.07 Å². The zero-order valence-corrected chi connectivity index (χ0v) is 27.9. The van der Waals surface area contributed by atoms with Crippen LogP contribution in [0, 0.1) is 11.6 Å². The molecule has 0 aliphatic carbocycles. The molecule has 0 saturated carbocycles. The van der Waals surface area contributed by atoms with Gasteiger partial charge in [0.25, 0.3) is 5.91 Å². The highest BCUT2D eigenvalue weighted by Crippen LogP contribution is 2.29. The summed E-state index contributed by atoms with van der Waals surface area (Å²) < 4.78 is 47.6. The fourth-order valence-electron chi connectivity index (χ4n) is 5.32. The smallest absolute Gasteiger partial charge is 0.254 e. The van der Waals surface area contributed by atoms with Gasteiger partial charge in [0.15, 0.2) is 11.6 Å². The molecule has 1 aliphatic rings. The molecule has 1 fully saturated rings. The fraction of sp³-hybridized carbons (Fsp3) is 0.294. The summed E-state index contributed by atoms with van der Waals surface area (Å²) in [5, 5.41) is 5.05. The van der Waals surface area contributed by atoms with Crippen molar-refractivity contribution >= 4 is 36.5 Å². The van der Waals surface area contributed by atoms with E-state index in [4.69, 9.17) is 19.9 Å². The van der Waals surface area contributed by atoms with Gasteiger partial charge in [-0.25, -0.2) is 14.1 Å². The van der Waals surface area contributed by atoms with Crippen molar-refractivity contribution in [2.75, 3.05) is 38.6 Å². The molecule has 48 heavy (non-hydrogen) atoms. The van der Waals surface area contributed by atoms with Crippen LogP contribution in [0.1, 0.15) is 26.4 Å². The summed E-state index contributed by atoms with van der Waals surface area (Å²) in [7, 11) is -1.35. The molecular weight excluding hydrogens is 638 g/mol. The van der Waals surface area contributed by atoms with Gasteiger partial charge in [-0.3, -0.25) is 9.59 Å². The SMILES string of the molecule is C[Si](C)(C)CCOCn1c(C(=O)c2cnn(-c3ccc(Oc4cccc(F)c4F)nc3)c2N)cc2cc(C(=O)N3CCOCC3)ccc21. The van der Waals surface area contributed by atoms with Gasteiger partial charge >= 0.3 is 0 Å². The number of nitrogens with zero attached hydrogens (tertiary/aromatic N) is 5. The molecule has 0 bridgehead atoms. The molecule has 14 heteroatoms. The van der Waals surface area contributed by atoms with Crippen LogP contribution in [0.25, 0.3) is 16.6 Å². The van der Waals surface area contributed by atoms with Crippen molar-refractivity contribution in [1.82, 2.24) is 24.2 Å². The average molecular weight is 675 g/mol. The van der Waals surface area contributed by atoms with Crippen LogP contribution >= 0.6 is 0 Å². The second kappa shape index (κ2) is 13.7. The van der Waals surface area contributed by atoms with Gasteiger partial charge in [-0.2, -0.15) is 9.49 Å². The van der Waals surface area contributed by atoms with Crippen LogP contribution in [0.4, 0.5) is 14.6 Å². The van der Waals surface area contributed by atoms with Gasteiger partial charge in [-0.15, -0.1) is 0 Å². The molecule has 6 rings (SSSR count). The number of ether oxygens (including phenoxy) is 3. The highest BCUT2D eigenvalue weighted by Gasteiger charge is 2.25. The van der Waals surface area contributed by atoms with E-state index in [1.165, 1.54) is 35.3 Å². The van der Waals surface area contributed by atoms with Crippen LogP contribution in [0.2, 0.25) is 25.7 Å². The quantitative estimate of drug-likeness (QED) is 0.104. The molecule has 3 aromatic heterocycles. The lowest BCUT2D eigenvalue weighted by atomic mass is 10.1. The number of aromatic nitrogens is 4. The molecule has 1 aliphatic heterocycles. The van der Waals surface area contributed by atoms with Gasteiger partial charge in [0, 0.05) is 44.8 Å². The first-order valence-electron chi connectivity index (χ1n) is 15.5. The number of ketones is 1. The van der Waals surface area contributed by atoms with Gasteiger partial charge in [0.1, 0.15) is 12.5 Å². The Morgan fingerprint density at radius 2 is 1.81 bits per heavy atom. The van der Waals surface area contributed by atoms with Crippen LogP contribution in [0.5, 0.6) is 11.6 Å². The zero-order valence-electron chi connectivity index (χ0n) is 26.9. The summed E-state index contributed by atoms with van der Waals surface area (Å²) in [6, 6.07) is 14.7. The Morgan fingerprint density at radius 3 is 2.54 bits per heavy atom. The number of hydrogen-bond acceptors (Lipinski definition) is 8. The predicted octanol–water partition coefficient (Wildman–Crippen LogP) is 5.89. The van der Waals surface area contributed by atoms with E-state index < -0.39 is 19.7 Å². The summed E-state index contributed by atoms with van der Waals surface area (Å²) in [6.45, 7) is 9.52. The summed E-state index contributed by atoms with van der Waals surface area (Å²) in [4.78, 5) is 33.2. The number of amides is 1. The number of nitrogen functional groups attached to an aromatic ring is 1. The number of anilines is 1. The van der Waals surface area contributed by atoms with E-state index in [-0.39, 0.29) is 41.4 Å². The van der Waals surface area contributed by atoms with Crippen molar-refractivity contribution in [3.63, 3.8) is 0 Å². The van der Waals surface area contributed by atoms with Crippen LogP contribution < -0.4 is 10.5 Å². The number of benzene rings is 2. The van der Waals surface area contributed by atoms with Crippen molar-refractivity contribution in [3.8, 4) is 17.3 Å². The third-order valence-electron chi connectivity index (χ3n) is 8.04. The van der Waals surface area contributed by atoms with Gasteiger partial charge in [-0.1, -0.05) is 25.7 Å². The molecule has 5 aromatic rings. The van der Waals surface area contributed by atoms with E-state index in [9.17, 15) is 18.4 Å². The van der Waals surface area contributed by atoms with Crippen molar-refractivity contribution in [1.29, 1.82) is 0 Å². The van der Waals surface area contributed by atoms with E-state index in [2.05, 4.69) is 29.7 Å². The molecule has 0 radical (unpaired) electrons. The van der Waals surface area contributed by atoms with Crippen LogP contribution in [0.3, 0.4) is 0 Å². The number of carbonyl (C=O) groups is 2. The Hall–Kier alpha value is -4.92. The summed E-state index contributed by atoms with van der Waals surface area (Å²) >= 11 is 0. The monoisotopic (exact) mass is 674 g/mol. The Morgan fingerprint density at radius 1 is 1.02 bits per heavy atom. The lowest BCUT2D eigenvalue weighted by Crippen LogP contribution is -2.40. The molecular formula is C34H36F2N6O5Si. The number of rotatable bonds is 11. The van der Waals surface area contributed by atoms with E-state index >= 15 is 0 Å². The number of morpholine rings is 1. The number of hydrogen-bond donors (Lipinski definition) is 1. The molecule has 250 valence electrons. The van der Waals surface area contributed by atoms with E-state index in [0.717, 1.165) is 17.6 Å². The second-order valence-electron chi connectivity index (χ2n) is 12.7. The Balaban J connectivity index is 1.28. The highest BCUT2D eigenvalue weighted by molar-refractivity contribution is 6.76. The number of pyridine rings is 1. The van der Waals surface area contributed by atoms with Gasteiger partial charge in [-0.05, 0) is 48.5 Å². The molecule has 0 spiro atoms. The van der Waals surface area contributed by atoms with Gasteiger partial charge < -0.3 is 29.4 Å². The lowest BCUT2D eigenvalue weighted by molar-refractivity contribution is 0.0303. The minimum absolute atomic E-state index is 0.0235. The first-order valence-corrected chi connectivity index (χ1v) is 19.3. The molecule has 0 atom stereocenters. The van der Waals surface area contributed by atoms with Crippen molar-refractivity contribution in [3.05, 3.63) is 95.4 Å². The van der Waals surface area contributed by atoms with Crippen LogP contribution in [-0.4, -0.2) is 76.9 Å². The maximum absolute atomic E-state index is 14.1. The summed E-state index contributed by atoms with van der Waals surface area (Å²) in [5.74, 6) is -2.84. The first kappa shape index (κ1) is 33.0. The number of halogens is 2. The van der Waals surface area contributed by atoms with Gasteiger partial charge in [0.05, 0.1) is 48.1 Å². The normalized spacial score (nSPS) is 13.6. The van der Waals surface area contributed by atoms with E-state index in [0.29, 0.717) is 55.2 Å². The molecule has 0 unspecified atom stereocenters. The average Bonchev–Trinajstić information content (AvgIpc) is 3.64. The Labute approximate surface area is 276 Å². The fourth-order valence-corrected chi connectivity index (χ4v) is 6.08. The van der Waals surface area contributed by atoms with E-state index in [1.54, 1.807) is 33.7 Å². The van der Waals surface area contributed by atoms with Crippen molar-refractivity contribution in [2.24, 2.45) is 0 Å². The van der Waals surface area contributed by atoms with Crippen molar-refractivity contribution in [2.45, 2.75) is 32.4 Å². The van der Waals surface area contributed by atoms with Crippen LogP contribution in [0.15, 0.2) is 67.0 Å². The lowest BCUT2D eigenvalue weighted by Gasteiger charge is -2.26. The third-order valence-corrected chi connectivity index (χ3v) is 9.75. The minimum Gasteiger partial charge on any atom is -0.436 e. The summed E-state index contributed by atoms with van der Waals surface area (Å²) in [5.41, 5.74) is 8.64. The highest BCUT2D eigenvalue weighted by atomic mass is 28.3. The number of fused-ring (bicyclic) bond motifs is 1. The minimum atomic E-state index is -1.35. The topological polar surface area (TPSA) is 127 Å². The number of nitrogens with two attached hydrogens (primary N) is 1. The molecule has 1 amide bonds. The first-order chi connectivity index (χ1) is 23.0. The third kappa shape index (κ3) is 7.00. The predicted molar refractivity (Wildman–Crippen MR) is 178 cm³/mol. The van der Waals surface area contributed by atoms with Crippen LogP contribution in [-0.2, 0) is 16.2 Å².